The number of hydrogen-bond donors (Lipinski definition) is 1. The van der Waals surface area contributed by atoms with E-state index in [4.69, 9.17) is 0 Å². The first-order valence-electron chi connectivity index (χ1n) is 6.03. The summed E-state index contributed by atoms with van der Waals surface area (Å²) in [7, 11) is 0. The average molecular weight is 361 g/mol. The van der Waals surface area contributed by atoms with Crippen LogP contribution in [-0.2, 0) is 0 Å². The first-order valence-corrected chi connectivity index (χ1v) is 6.82. The first-order chi connectivity index (χ1) is 10.7. The molecule has 22 heavy (non-hydrogen) atoms. The minimum Gasteiger partial charge on any atom is -0.507 e. The van der Waals surface area contributed by atoms with Crippen molar-refractivity contribution in [3.63, 3.8) is 0 Å². The molecule has 2 aromatic heterocycles. The molecular weight excluding hydrogens is 352 g/mol. The molecule has 0 aliphatic rings. The van der Waals surface area contributed by atoms with Crippen molar-refractivity contribution in [2.45, 2.75) is 0 Å². The molecule has 1 aromatic carbocycles. The lowest BCUT2D eigenvalue weighted by molar-refractivity contribution is 0.473. The number of aromatic hydroxyl groups is 1. The molecule has 0 saturated heterocycles. The van der Waals surface area contributed by atoms with Crippen LogP contribution in [0, 0.1) is 0 Å². The van der Waals surface area contributed by atoms with Crippen molar-refractivity contribution in [3.8, 4) is 5.75 Å². The Morgan fingerprint density at radius 3 is 1.68 bits per heavy atom. The maximum atomic E-state index is 10.3. The number of benzene rings is 1. The smallest absolute Gasteiger partial charge is 0.141 e. The van der Waals surface area contributed by atoms with Crippen LogP contribution in [0.2, 0.25) is 0 Å². The second-order valence-corrected chi connectivity index (χ2v) is 5.02. The Morgan fingerprint density at radius 1 is 0.864 bits per heavy atom. The van der Waals surface area contributed by atoms with Gasteiger partial charge in [-0.05, 0) is 12.1 Å². The van der Waals surface area contributed by atoms with Crippen molar-refractivity contribution in [1.29, 1.82) is 0 Å². The van der Waals surface area contributed by atoms with Crippen LogP contribution in [0.5, 0.6) is 5.75 Å². The Kier molecular flexibility index (Phi) is 4.01. The molecule has 2 heterocycles. The van der Waals surface area contributed by atoms with E-state index in [0.717, 1.165) is 4.47 Å². The summed E-state index contributed by atoms with van der Waals surface area (Å²) in [6.45, 7) is 0. The molecule has 0 amide bonds. The maximum absolute atomic E-state index is 10.3. The van der Waals surface area contributed by atoms with E-state index in [1.165, 1.54) is 47.1 Å². The fraction of sp³-hybridized carbons (Fsp3) is 0. The zero-order valence-electron chi connectivity index (χ0n) is 11.0. The molecule has 9 nitrogen and oxygen atoms in total. The first kappa shape index (κ1) is 14.1. The summed E-state index contributed by atoms with van der Waals surface area (Å²) >= 11 is 3.39. The van der Waals surface area contributed by atoms with Gasteiger partial charge in [0.25, 0.3) is 0 Å². The summed E-state index contributed by atoms with van der Waals surface area (Å²) in [4.78, 5) is 0. The molecule has 0 radical (unpaired) electrons. The Hall–Kier alpha value is -2.88. The number of rotatable bonds is 4. The van der Waals surface area contributed by atoms with Crippen LogP contribution in [0.25, 0.3) is 0 Å². The molecule has 0 atom stereocenters. The molecular formula is C12H9BrN8O. The fourth-order valence-corrected chi connectivity index (χ4v) is 2.10. The van der Waals surface area contributed by atoms with Crippen LogP contribution in [0.4, 0.5) is 0 Å². The molecule has 10 heteroatoms. The summed E-state index contributed by atoms with van der Waals surface area (Å²) in [6.07, 6.45) is 8.78. The third-order valence-corrected chi connectivity index (χ3v) is 3.06. The maximum Gasteiger partial charge on any atom is 0.141 e. The van der Waals surface area contributed by atoms with Crippen LogP contribution < -0.4 is 0 Å². The van der Waals surface area contributed by atoms with E-state index in [-0.39, 0.29) is 5.75 Å². The van der Waals surface area contributed by atoms with Crippen molar-refractivity contribution in [2.75, 3.05) is 0 Å². The summed E-state index contributed by atoms with van der Waals surface area (Å²) in [6, 6.07) is 3.47. The summed E-state index contributed by atoms with van der Waals surface area (Å²) < 4.78 is 3.62. The molecule has 0 fully saturated rings. The highest BCUT2D eigenvalue weighted by atomic mass is 79.9. The fourth-order valence-electron chi connectivity index (χ4n) is 1.61. The molecule has 0 unspecified atom stereocenters. The monoisotopic (exact) mass is 360 g/mol. The molecule has 1 N–H and O–H groups in total. The van der Waals surface area contributed by atoms with Gasteiger partial charge in [0.1, 0.15) is 31.1 Å². The number of halogens is 1. The Labute approximate surface area is 132 Å². The Bertz CT molecular complexity index is 745. The third kappa shape index (κ3) is 3.23. The van der Waals surface area contributed by atoms with Gasteiger partial charge in [0.2, 0.25) is 0 Å². The van der Waals surface area contributed by atoms with Crippen molar-refractivity contribution in [3.05, 3.63) is 53.0 Å². The van der Waals surface area contributed by atoms with E-state index < -0.39 is 0 Å². The highest BCUT2D eigenvalue weighted by Crippen LogP contribution is 2.25. The van der Waals surface area contributed by atoms with E-state index in [1.807, 2.05) is 0 Å². The lowest BCUT2D eigenvalue weighted by atomic mass is 10.1. The Morgan fingerprint density at radius 2 is 1.27 bits per heavy atom. The standard InChI is InChI=1S/C12H9BrN8O/c13-11-1-9(3-18-20-5-14-15-6-20)12(22)10(2-11)4-19-21-7-16-17-8-21/h1-8,22H. The molecule has 3 aromatic rings. The number of phenolic OH excluding ortho intramolecular Hbond substituents is 1. The van der Waals surface area contributed by atoms with Gasteiger partial charge in [-0.15, -0.1) is 20.4 Å². The van der Waals surface area contributed by atoms with E-state index in [1.54, 1.807) is 12.1 Å². The molecule has 3 rings (SSSR count). The zero-order valence-corrected chi connectivity index (χ0v) is 12.6. The van der Waals surface area contributed by atoms with E-state index in [0.29, 0.717) is 11.1 Å². The van der Waals surface area contributed by atoms with Crippen LogP contribution in [0.15, 0.2) is 52.1 Å². The van der Waals surface area contributed by atoms with Gasteiger partial charge in [0.15, 0.2) is 0 Å². The lowest BCUT2D eigenvalue weighted by Crippen LogP contribution is -1.94. The predicted octanol–water partition coefficient (Wildman–Crippen LogP) is 1.10. The number of aromatic nitrogens is 6. The van der Waals surface area contributed by atoms with Crippen LogP contribution in [0.3, 0.4) is 0 Å². The highest BCUT2D eigenvalue weighted by molar-refractivity contribution is 9.10. The predicted molar refractivity (Wildman–Crippen MR) is 81.8 cm³/mol. The normalized spacial score (nSPS) is 11.7. The van der Waals surface area contributed by atoms with Gasteiger partial charge in [-0.3, -0.25) is 0 Å². The van der Waals surface area contributed by atoms with Gasteiger partial charge in [0, 0.05) is 15.6 Å². The van der Waals surface area contributed by atoms with Crippen molar-refractivity contribution >= 4 is 28.4 Å². The van der Waals surface area contributed by atoms with Gasteiger partial charge in [0.05, 0.1) is 12.4 Å². The largest absolute Gasteiger partial charge is 0.507 e. The molecule has 0 bridgehead atoms. The molecule has 0 aliphatic carbocycles. The zero-order chi connectivity index (χ0) is 15.4. The SMILES string of the molecule is Oc1c(C=Nn2cnnc2)cc(Br)cc1C=Nn1cnnc1. The summed E-state index contributed by atoms with van der Waals surface area (Å²) in [5.41, 5.74) is 1.04. The van der Waals surface area contributed by atoms with Crippen LogP contribution in [-0.4, -0.2) is 47.3 Å². The van der Waals surface area contributed by atoms with Crippen molar-refractivity contribution < 1.29 is 5.11 Å². The minimum absolute atomic E-state index is 0.0526. The van der Waals surface area contributed by atoms with Gasteiger partial charge in [-0.25, -0.2) is 9.35 Å². The van der Waals surface area contributed by atoms with Crippen molar-refractivity contribution in [1.82, 2.24) is 29.7 Å². The molecule has 0 spiro atoms. The lowest BCUT2D eigenvalue weighted by Gasteiger charge is -2.04. The van der Waals surface area contributed by atoms with Crippen molar-refractivity contribution in [2.24, 2.45) is 10.2 Å². The molecule has 110 valence electrons. The summed E-state index contributed by atoms with van der Waals surface area (Å²) in [5.74, 6) is 0.0526. The topological polar surface area (TPSA) is 106 Å². The third-order valence-electron chi connectivity index (χ3n) is 2.61. The second kappa shape index (κ2) is 6.26. The van der Waals surface area contributed by atoms with Gasteiger partial charge in [-0.1, -0.05) is 15.9 Å². The second-order valence-electron chi connectivity index (χ2n) is 4.11. The van der Waals surface area contributed by atoms with Crippen LogP contribution in [0.1, 0.15) is 11.1 Å². The molecule has 0 saturated carbocycles. The van der Waals surface area contributed by atoms with Gasteiger partial charge >= 0.3 is 0 Å². The molecule has 0 aliphatic heterocycles. The van der Waals surface area contributed by atoms with E-state index in [9.17, 15) is 5.11 Å². The number of hydrogen-bond acceptors (Lipinski definition) is 7. The van der Waals surface area contributed by atoms with E-state index >= 15 is 0 Å². The van der Waals surface area contributed by atoms with Gasteiger partial charge in [-0.2, -0.15) is 10.2 Å². The number of nitrogens with zero attached hydrogens (tertiary/aromatic N) is 8. The number of phenols is 1. The quantitative estimate of drug-likeness (QED) is 0.701. The average Bonchev–Trinajstić information content (AvgIpc) is 3.19. The van der Waals surface area contributed by atoms with Gasteiger partial charge < -0.3 is 5.11 Å². The summed E-state index contributed by atoms with van der Waals surface area (Å²) in [5, 5.41) is 33.1. The minimum atomic E-state index is 0.0526. The Balaban J connectivity index is 1.91. The van der Waals surface area contributed by atoms with E-state index in [2.05, 4.69) is 46.5 Å². The highest BCUT2D eigenvalue weighted by Gasteiger charge is 2.06. The van der Waals surface area contributed by atoms with Crippen LogP contribution >= 0.6 is 15.9 Å².